The molecule has 4 heteroatoms. The molecule has 0 bridgehead atoms. The molecule has 1 aromatic rings. The average molecular weight is 304 g/mol. The van der Waals surface area contributed by atoms with Crippen LogP contribution in [0.25, 0.3) is 0 Å². The molecule has 0 aromatic heterocycles. The highest BCUT2D eigenvalue weighted by Crippen LogP contribution is 2.25. The molecular formula is C18H28N2O2. The summed E-state index contributed by atoms with van der Waals surface area (Å²) in [5, 5.41) is 2.87. The first kappa shape index (κ1) is 16.7. The van der Waals surface area contributed by atoms with Gasteiger partial charge in [0.2, 0.25) is 0 Å². The molecule has 0 radical (unpaired) electrons. The zero-order valence-electron chi connectivity index (χ0n) is 14.2. The summed E-state index contributed by atoms with van der Waals surface area (Å²) in [5.41, 5.74) is 3.43. The molecule has 1 aromatic carbocycles. The van der Waals surface area contributed by atoms with Crippen LogP contribution in [0.4, 0.5) is 4.79 Å². The Bertz CT molecular complexity index is 522. The van der Waals surface area contributed by atoms with Crippen LogP contribution in [0.15, 0.2) is 12.1 Å². The van der Waals surface area contributed by atoms with Crippen LogP contribution in [-0.2, 0) is 0 Å². The standard InChI is InChI=1S/C18H28N2O2/c1-13-10-11-14(2)17(15(13)3)22-12-19-18(21)20(4)16-8-6-5-7-9-16/h10-11,16H,5-9,12H2,1-4H3,(H,19,21). The Morgan fingerprint density at radius 3 is 2.50 bits per heavy atom. The van der Waals surface area contributed by atoms with Crippen molar-refractivity contribution in [3.8, 4) is 5.75 Å². The van der Waals surface area contributed by atoms with Gasteiger partial charge in [0.1, 0.15) is 5.75 Å². The van der Waals surface area contributed by atoms with Crippen molar-refractivity contribution in [2.75, 3.05) is 13.8 Å². The number of hydrogen-bond donors (Lipinski definition) is 1. The summed E-state index contributed by atoms with van der Waals surface area (Å²) < 4.78 is 5.80. The molecule has 0 saturated heterocycles. The highest BCUT2D eigenvalue weighted by molar-refractivity contribution is 5.74. The van der Waals surface area contributed by atoms with Crippen molar-refractivity contribution >= 4 is 6.03 Å². The molecule has 0 atom stereocenters. The van der Waals surface area contributed by atoms with Crippen LogP contribution < -0.4 is 10.1 Å². The predicted molar refractivity (Wildman–Crippen MR) is 89.3 cm³/mol. The second kappa shape index (κ2) is 7.52. The lowest BCUT2D eigenvalue weighted by Gasteiger charge is -2.31. The van der Waals surface area contributed by atoms with Gasteiger partial charge < -0.3 is 15.0 Å². The van der Waals surface area contributed by atoms with Crippen LogP contribution in [0.5, 0.6) is 5.75 Å². The monoisotopic (exact) mass is 304 g/mol. The van der Waals surface area contributed by atoms with Gasteiger partial charge in [-0.2, -0.15) is 0 Å². The summed E-state index contributed by atoms with van der Waals surface area (Å²) in [4.78, 5) is 14.0. The summed E-state index contributed by atoms with van der Waals surface area (Å²) in [6.45, 7) is 6.35. The number of carbonyl (C=O) groups excluding carboxylic acids is 1. The summed E-state index contributed by atoms with van der Waals surface area (Å²) in [6.07, 6.45) is 5.96. The SMILES string of the molecule is Cc1ccc(C)c(OCNC(=O)N(C)C2CCCCC2)c1C. The number of rotatable bonds is 4. The largest absolute Gasteiger partial charge is 0.473 e. The first-order chi connectivity index (χ1) is 10.5. The highest BCUT2D eigenvalue weighted by Gasteiger charge is 2.21. The number of benzene rings is 1. The van der Waals surface area contributed by atoms with Gasteiger partial charge in [0.15, 0.2) is 6.73 Å². The van der Waals surface area contributed by atoms with Crippen LogP contribution in [0.2, 0.25) is 0 Å². The third-order valence-electron chi connectivity index (χ3n) is 4.76. The molecular weight excluding hydrogens is 276 g/mol. The Kier molecular flexibility index (Phi) is 5.69. The Balaban J connectivity index is 1.85. The number of ether oxygens (including phenoxy) is 1. The molecule has 1 aliphatic carbocycles. The predicted octanol–water partition coefficient (Wildman–Crippen LogP) is 3.92. The summed E-state index contributed by atoms with van der Waals surface area (Å²) in [5.74, 6) is 0.876. The van der Waals surface area contributed by atoms with E-state index in [1.807, 2.05) is 31.9 Å². The zero-order chi connectivity index (χ0) is 16.1. The van der Waals surface area contributed by atoms with E-state index in [-0.39, 0.29) is 12.8 Å². The van der Waals surface area contributed by atoms with E-state index in [1.54, 1.807) is 0 Å². The molecule has 2 rings (SSSR count). The van der Waals surface area contributed by atoms with Crippen molar-refractivity contribution in [2.24, 2.45) is 0 Å². The second-order valence-electron chi connectivity index (χ2n) is 6.33. The third kappa shape index (κ3) is 3.93. The minimum Gasteiger partial charge on any atom is -0.473 e. The third-order valence-corrected chi connectivity index (χ3v) is 4.76. The molecule has 22 heavy (non-hydrogen) atoms. The van der Waals surface area contributed by atoms with E-state index in [0.717, 1.165) is 29.7 Å². The van der Waals surface area contributed by atoms with E-state index in [4.69, 9.17) is 4.74 Å². The Morgan fingerprint density at radius 1 is 1.18 bits per heavy atom. The number of nitrogens with one attached hydrogen (secondary N) is 1. The number of carbonyl (C=O) groups is 1. The molecule has 4 nitrogen and oxygen atoms in total. The second-order valence-corrected chi connectivity index (χ2v) is 6.33. The van der Waals surface area contributed by atoms with Crippen molar-refractivity contribution in [1.29, 1.82) is 0 Å². The molecule has 122 valence electrons. The van der Waals surface area contributed by atoms with E-state index in [1.165, 1.54) is 24.8 Å². The molecule has 0 unspecified atom stereocenters. The topological polar surface area (TPSA) is 41.6 Å². The lowest BCUT2D eigenvalue weighted by molar-refractivity contribution is 0.163. The van der Waals surface area contributed by atoms with E-state index >= 15 is 0 Å². The average Bonchev–Trinajstić information content (AvgIpc) is 2.54. The van der Waals surface area contributed by atoms with Crippen molar-refractivity contribution in [2.45, 2.75) is 58.9 Å². The lowest BCUT2D eigenvalue weighted by Crippen LogP contribution is -2.45. The minimum absolute atomic E-state index is 0.0464. The van der Waals surface area contributed by atoms with Gasteiger partial charge in [0, 0.05) is 13.1 Å². The maximum Gasteiger partial charge on any atom is 0.319 e. The van der Waals surface area contributed by atoms with Crippen LogP contribution in [-0.4, -0.2) is 30.8 Å². The van der Waals surface area contributed by atoms with Crippen molar-refractivity contribution in [3.63, 3.8) is 0 Å². The molecule has 2 amide bonds. The van der Waals surface area contributed by atoms with Gasteiger partial charge in [-0.15, -0.1) is 0 Å². The van der Waals surface area contributed by atoms with Gasteiger partial charge >= 0.3 is 6.03 Å². The quantitative estimate of drug-likeness (QED) is 0.857. The molecule has 0 heterocycles. The molecule has 0 spiro atoms. The number of hydrogen-bond acceptors (Lipinski definition) is 2. The smallest absolute Gasteiger partial charge is 0.319 e. The number of aryl methyl sites for hydroxylation is 2. The van der Waals surface area contributed by atoms with Gasteiger partial charge in [-0.1, -0.05) is 31.4 Å². The van der Waals surface area contributed by atoms with E-state index < -0.39 is 0 Å². The minimum atomic E-state index is -0.0464. The van der Waals surface area contributed by atoms with Gasteiger partial charge in [0.05, 0.1) is 0 Å². The fourth-order valence-corrected chi connectivity index (χ4v) is 3.08. The van der Waals surface area contributed by atoms with Gasteiger partial charge in [0.25, 0.3) is 0 Å². The molecule has 1 N–H and O–H groups in total. The molecule has 1 fully saturated rings. The molecule has 1 saturated carbocycles. The van der Waals surface area contributed by atoms with Crippen molar-refractivity contribution in [3.05, 3.63) is 28.8 Å². The number of amides is 2. The van der Waals surface area contributed by atoms with Crippen LogP contribution in [0.3, 0.4) is 0 Å². The van der Waals surface area contributed by atoms with E-state index in [2.05, 4.69) is 18.3 Å². The summed E-state index contributed by atoms with van der Waals surface area (Å²) >= 11 is 0. The number of nitrogens with zero attached hydrogens (tertiary/aromatic N) is 1. The van der Waals surface area contributed by atoms with Crippen LogP contribution in [0, 0.1) is 20.8 Å². The molecule has 1 aliphatic rings. The maximum atomic E-state index is 12.2. The summed E-state index contributed by atoms with van der Waals surface area (Å²) in [6, 6.07) is 4.46. The first-order valence-corrected chi connectivity index (χ1v) is 8.21. The van der Waals surface area contributed by atoms with Crippen LogP contribution >= 0.6 is 0 Å². The summed E-state index contributed by atoms with van der Waals surface area (Å²) in [7, 11) is 1.88. The Labute approximate surface area is 133 Å². The Morgan fingerprint density at radius 2 is 1.82 bits per heavy atom. The Hall–Kier alpha value is -1.71. The lowest BCUT2D eigenvalue weighted by atomic mass is 9.95. The maximum absolute atomic E-state index is 12.2. The van der Waals surface area contributed by atoms with Gasteiger partial charge in [-0.25, -0.2) is 4.79 Å². The fourth-order valence-electron chi connectivity index (χ4n) is 3.08. The molecule has 0 aliphatic heterocycles. The van der Waals surface area contributed by atoms with Crippen molar-refractivity contribution < 1.29 is 9.53 Å². The highest BCUT2D eigenvalue weighted by atomic mass is 16.5. The zero-order valence-corrected chi connectivity index (χ0v) is 14.2. The first-order valence-electron chi connectivity index (χ1n) is 8.21. The van der Waals surface area contributed by atoms with E-state index in [0.29, 0.717) is 6.04 Å². The van der Waals surface area contributed by atoms with Crippen LogP contribution in [0.1, 0.15) is 48.8 Å². The normalized spacial score (nSPS) is 15.5. The van der Waals surface area contributed by atoms with E-state index in [9.17, 15) is 4.79 Å². The van der Waals surface area contributed by atoms with Crippen molar-refractivity contribution in [1.82, 2.24) is 10.2 Å². The fraction of sp³-hybridized carbons (Fsp3) is 0.611. The van der Waals surface area contributed by atoms with Gasteiger partial charge in [-0.3, -0.25) is 0 Å². The number of urea groups is 1. The van der Waals surface area contributed by atoms with Gasteiger partial charge in [-0.05, 0) is 50.3 Å².